The number of anilines is 2. The second kappa shape index (κ2) is 9.19. The Morgan fingerprint density at radius 1 is 1.20 bits per heavy atom. The molecule has 7 heteroatoms. The van der Waals surface area contributed by atoms with Gasteiger partial charge in [-0.15, -0.1) is 0 Å². The maximum absolute atomic E-state index is 12.2. The smallest absolute Gasteiger partial charge is 0.340 e. The number of para-hydroxylation sites is 1. The van der Waals surface area contributed by atoms with Crippen molar-refractivity contribution in [1.82, 2.24) is 0 Å². The Balaban J connectivity index is 1.93. The molecule has 0 fully saturated rings. The van der Waals surface area contributed by atoms with Crippen LogP contribution >= 0.6 is 15.9 Å². The van der Waals surface area contributed by atoms with Crippen molar-refractivity contribution in [2.45, 2.75) is 6.92 Å². The number of nitrogens with one attached hydrogen (secondary N) is 2. The van der Waals surface area contributed by atoms with E-state index >= 15 is 0 Å². The fourth-order valence-electron chi connectivity index (χ4n) is 2.13. The van der Waals surface area contributed by atoms with Crippen molar-refractivity contribution in [2.75, 3.05) is 30.4 Å². The van der Waals surface area contributed by atoms with Gasteiger partial charge in [0.05, 0.1) is 12.2 Å². The van der Waals surface area contributed by atoms with Crippen molar-refractivity contribution in [2.24, 2.45) is 0 Å². The van der Waals surface area contributed by atoms with E-state index in [0.29, 0.717) is 23.5 Å². The van der Waals surface area contributed by atoms with Gasteiger partial charge in [-0.3, -0.25) is 4.79 Å². The Labute approximate surface area is 154 Å². The van der Waals surface area contributed by atoms with Crippen molar-refractivity contribution >= 4 is 39.2 Å². The predicted octanol–water partition coefficient (Wildman–Crippen LogP) is 2.96. The number of ether oxygens (including phenoxy) is 1. The van der Waals surface area contributed by atoms with Crippen molar-refractivity contribution in [3.63, 3.8) is 0 Å². The molecule has 3 N–H and O–H groups in total. The third-order valence-electron chi connectivity index (χ3n) is 3.35. The van der Waals surface area contributed by atoms with Crippen LogP contribution in [0.5, 0.6) is 0 Å². The topological polar surface area (TPSA) is 87.7 Å². The Morgan fingerprint density at radius 2 is 1.96 bits per heavy atom. The first-order valence-electron chi connectivity index (χ1n) is 7.68. The van der Waals surface area contributed by atoms with Crippen LogP contribution in [-0.4, -0.2) is 36.7 Å². The van der Waals surface area contributed by atoms with E-state index in [9.17, 15) is 9.59 Å². The molecule has 25 heavy (non-hydrogen) atoms. The minimum Gasteiger partial charge on any atom is -0.452 e. The molecule has 0 unspecified atom stereocenters. The van der Waals surface area contributed by atoms with E-state index in [-0.39, 0.29) is 13.2 Å². The van der Waals surface area contributed by atoms with Gasteiger partial charge in [-0.25, -0.2) is 4.79 Å². The van der Waals surface area contributed by atoms with Crippen LogP contribution in [0, 0.1) is 6.92 Å². The number of aliphatic hydroxyl groups excluding tert-OH is 1. The number of carbonyl (C=O) groups is 2. The lowest BCUT2D eigenvalue weighted by Crippen LogP contribution is -2.21. The van der Waals surface area contributed by atoms with Gasteiger partial charge in [-0.2, -0.15) is 0 Å². The van der Waals surface area contributed by atoms with E-state index in [4.69, 9.17) is 9.84 Å². The maximum Gasteiger partial charge on any atom is 0.340 e. The van der Waals surface area contributed by atoms with Gasteiger partial charge in [0.15, 0.2) is 6.61 Å². The SMILES string of the molecule is Cc1cc(NC(=O)COC(=O)c2ccccc2NCCO)ccc1Br. The largest absolute Gasteiger partial charge is 0.452 e. The van der Waals surface area contributed by atoms with Gasteiger partial charge in [0, 0.05) is 22.4 Å². The molecule has 0 atom stereocenters. The van der Waals surface area contributed by atoms with E-state index in [1.165, 1.54) is 0 Å². The second-order valence-electron chi connectivity index (χ2n) is 5.28. The lowest BCUT2D eigenvalue weighted by molar-refractivity contribution is -0.119. The van der Waals surface area contributed by atoms with Crippen molar-refractivity contribution in [3.05, 3.63) is 58.1 Å². The molecule has 2 aromatic carbocycles. The number of hydrogen-bond acceptors (Lipinski definition) is 5. The summed E-state index contributed by atoms with van der Waals surface area (Å²) in [5.41, 5.74) is 2.47. The van der Waals surface area contributed by atoms with Crippen LogP contribution in [-0.2, 0) is 9.53 Å². The van der Waals surface area contributed by atoms with Gasteiger partial charge in [0.2, 0.25) is 0 Å². The monoisotopic (exact) mass is 406 g/mol. The molecule has 6 nitrogen and oxygen atoms in total. The number of aliphatic hydroxyl groups is 1. The van der Waals surface area contributed by atoms with Crippen LogP contribution in [0.3, 0.4) is 0 Å². The molecule has 0 aliphatic carbocycles. The lowest BCUT2D eigenvalue weighted by atomic mass is 10.2. The summed E-state index contributed by atoms with van der Waals surface area (Å²) in [7, 11) is 0. The van der Waals surface area contributed by atoms with Gasteiger partial charge in [0.25, 0.3) is 5.91 Å². The molecule has 132 valence electrons. The number of esters is 1. The second-order valence-corrected chi connectivity index (χ2v) is 6.14. The molecule has 0 aliphatic rings. The lowest BCUT2D eigenvalue weighted by Gasteiger charge is -2.11. The minimum atomic E-state index is -0.608. The summed E-state index contributed by atoms with van der Waals surface area (Å²) in [5, 5.41) is 14.5. The first-order chi connectivity index (χ1) is 12.0. The summed E-state index contributed by atoms with van der Waals surface area (Å²) in [6.07, 6.45) is 0. The zero-order chi connectivity index (χ0) is 18.2. The highest BCUT2D eigenvalue weighted by Crippen LogP contribution is 2.20. The van der Waals surface area contributed by atoms with Gasteiger partial charge in [-0.1, -0.05) is 28.1 Å². The standard InChI is InChI=1S/C18H19BrN2O4/c1-12-10-13(6-7-15(12)19)21-17(23)11-25-18(24)14-4-2-3-5-16(14)20-8-9-22/h2-7,10,20,22H,8-9,11H2,1H3,(H,21,23). The molecule has 0 heterocycles. The zero-order valence-corrected chi connectivity index (χ0v) is 15.3. The molecule has 0 spiro atoms. The summed E-state index contributed by atoms with van der Waals surface area (Å²) in [6, 6.07) is 12.2. The van der Waals surface area contributed by atoms with E-state index in [1.807, 2.05) is 19.1 Å². The quantitative estimate of drug-likeness (QED) is 0.615. The van der Waals surface area contributed by atoms with Gasteiger partial charge >= 0.3 is 5.97 Å². The Bertz CT molecular complexity index is 764. The van der Waals surface area contributed by atoms with Gasteiger partial charge < -0.3 is 20.5 Å². The van der Waals surface area contributed by atoms with Crippen LogP contribution in [0.4, 0.5) is 11.4 Å². The van der Waals surface area contributed by atoms with Crippen molar-refractivity contribution < 1.29 is 19.4 Å². The molecule has 0 bridgehead atoms. The van der Waals surface area contributed by atoms with E-state index in [0.717, 1.165) is 10.0 Å². The molecule has 0 radical (unpaired) electrons. The first kappa shape index (κ1) is 19.0. The van der Waals surface area contributed by atoms with Gasteiger partial charge in [0.1, 0.15) is 0 Å². The summed E-state index contributed by atoms with van der Waals surface area (Å²) < 4.78 is 6.02. The average molecular weight is 407 g/mol. The Morgan fingerprint density at radius 3 is 2.68 bits per heavy atom. The fourth-order valence-corrected chi connectivity index (χ4v) is 2.38. The van der Waals surface area contributed by atoms with Crippen molar-refractivity contribution in [1.29, 1.82) is 0 Å². The highest BCUT2D eigenvalue weighted by atomic mass is 79.9. The summed E-state index contributed by atoms with van der Waals surface area (Å²) in [4.78, 5) is 24.1. The molecule has 2 aromatic rings. The normalized spacial score (nSPS) is 10.2. The molecule has 0 aromatic heterocycles. The third kappa shape index (κ3) is 5.58. The number of amides is 1. The first-order valence-corrected chi connectivity index (χ1v) is 8.47. The molecule has 2 rings (SSSR count). The Hall–Kier alpha value is -2.38. The van der Waals surface area contributed by atoms with Crippen LogP contribution < -0.4 is 10.6 Å². The maximum atomic E-state index is 12.2. The third-order valence-corrected chi connectivity index (χ3v) is 4.24. The fraction of sp³-hybridized carbons (Fsp3) is 0.222. The van der Waals surface area contributed by atoms with E-state index in [1.54, 1.807) is 30.3 Å². The average Bonchev–Trinajstić information content (AvgIpc) is 2.61. The number of hydrogen-bond donors (Lipinski definition) is 3. The number of aryl methyl sites for hydroxylation is 1. The van der Waals surface area contributed by atoms with Crippen LogP contribution in [0.25, 0.3) is 0 Å². The number of rotatable bonds is 7. The molecule has 0 aliphatic heterocycles. The van der Waals surface area contributed by atoms with Gasteiger partial charge in [-0.05, 0) is 42.8 Å². The van der Waals surface area contributed by atoms with Crippen molar-refractivity contribution in [3.8, 4) is 0 Å². The number of carbonyl (C=O) groups excluding carboxylic acids is 2. The van der Waals surface area contributed by atoms with Crippen LogP contribution in [0.15, 0.2) is 46.9 Å². The number of halogens is 1. The molecule has 0 saturated carbocycles. The molecular weight excluding hydrogens is 388 g/mol. The van der Waals surface area contributed by atoms with Crippen LogP contribution in [0.1, 0.15) is 15.9 Å². The van der Waals surface area contributed by atoms with E-state index in [2.05, 4.69) is 26.6 Å². The van der Waals surface area contributed by atoms with E-state index < -0.39 is 11.9 Å². The predicted molar refractivity (Wildman–Crippen MR) is 99.8 cm³/mol. The highest BCUT2D eigenvalue weighted by Gasteiger charge is 2.14. The zero-order valence-electron chi connectivity index (χ0n) is 13.7. The highest BCUT2D eigenvalue weighted by molar-refractivity contribution is 9.10. The number of benzene rings is 2. The molecule has 0 saturated heterocycles. The molecule has 1 amide bonds. The Kier molecular flexibility index (Phi) is 6.97. The summed E-state index contributed by atoms with van der Waals surface area (Å²) >= 11 is 3.39. The van der Waals surface area contributed by atoms with Crippen LogP contribution in [0.2, 0.25) is 0 Å². The summed E-state index contributed by atoms with van der Waals surface area (Å²) in [6.45, 7) is 1.78. The molecular formula is C18H19BrN2O4. The minimum absolute atomic E-state index is 0.0571. The summed E-state index contributed by atoms with van der Waals surface area (Å²) in [5.74, 6) is -1.03.